The van der Waals surface area contributed by atoms with E-state index in [4.69, 9.17) is 4.42 Å². The summed E-state index contributed by atoms with van der Waals surface area (Å²) in [5.74, 6) is 0.610. The Morgan fingerprint density at radius 2 is 2.19 bits per heavy atom. The molecule has 0 N–H and O–H groups in total. The third kappa shape index (κ3) is 3.89. The number of allylic oxidation sites excluding steroid dienone is 2. The number of benzene rings is 1. The minimum Gasteiger partial charge on any atom is -0.443 e. The molecule has 0 fully saturated rings. The Kier molecular flexibility index (Phi) is 4.71. The van der Waals surface area contributed by atoms with Gasteiger partial charge in [0.25, 0.3) is 5.56 Å². The van der Waals surface area contributed by atoms with Crippen molar-refractivity contribution in [1.29, 1.82) is 0 Å². The van der Waals surface area contributed by atoms with E-state index in [1.54, 1.807) is 12.1 Å². The van der Waals surface area contributed by atoms with Gasteiger partial charge in [-0.25, -0.2) is 9.67 Å². The average molecular weight is 363 g/mol. The number of rotatable bonds is 5. The molecule has 2 heterocycles. The maximum atomic E-state index is 12.5. The molecule has 0 radical (unpaired) electrons. The second-order valence-corrected chi connectivity index (χ2v) is 7.19. The molecule has 138 valence electrons. The lowest BCUT2D eigenvalue weighted by atomic mass is 9.90. The lowest BCUT2D eigenvalue weighted by Gasteiger charge is -2.18. The van der Waals surface area contributed by atoms with Gasteiger partial charge in [0.1, 0.15) is 12.1 Å². The highest BCUT2D eigenvalue weighted by molar-refractivity contribution is 5.82. The third-order valence-electron chi connectivity index (χ3n) is 4.99. The summed E-state index contributed by atoms with van der Waals surface area (Å²) in [4.78, 5) is 28.7. The van der Waals surface area contributed by atoms with Gasteiger partial charge < -0.3 is 4.42 Å². The lowest BCUT2D eigenvalue weighted by Crippen LogP contribution is -2.27. The Labute approximate surface area is 156 Å². The number of oxazole rings is 1. The van der Waals surface area contributed by atoms with E-state index < -0.39 is 0 Å². The van der Waals surface area contributed by atoms with E-state index in [2.05, 4.69) is 23.1 Å². The molecule has 0 aliphatic heterocycles. The molecule has 0 saturated carbocycles. The fraction of sp³-hybridized carbons (Fsp3) is 0.333. The van der Waals surface area contributed by atoms with Crippen molar-refractivity contribution in [2.45, 2.75) is 39.2 Å². The van der Waals surface area contributed by atoms with Crippen molar-refractivity contribution in [1.82, 2.24) is 14.8 Å². The van der Waals surface area contributed by atoms with E-state index in [1.165, 1.54) is 17.1 Å². The molecule has 0 spiro atoms. The minimum atomic E-state index is -0.260. The first-order valence-electron chi connectivity index (χ1n) is 9.20. The van der Waals surface area contributed by atoms with Crippen molar-refractivity contribution in [3.05, 3.63) is 64.4 Å². The van der Waals surface area contributed by atoms with Crippen LogP contribution >= 0.6 is 0 Å². The van der Waals surface area contributed by atoms with Gasteiger partial charge in [0.05, 0.1) is 5.69 Å². The molecule has 4 rings (SSSR count). The van der Waals surface area contributed by atoms with Crippen LogP contribution in [0.25, 0.3) is 16.7 Å². The number of carbonyl (C=O) groups excluding carboxylic acids is 1. The number of hydrogen-bond donors (Lipinski definition) is 0. The fourth-order valence-corrected chi connectivity index (χ4v) is 3.40. The van der Waals surface area contributed by atoms with Gasteiger partial charge in [0.15, 0.2) is 17.8 Å². The highest BCUT2D eigenvalue weighted by Crippen LogP contribution is 2.28. The molecule has 0 saturated heterocycles. The molecular formula is C21H21N3O3. The largest absolute Gasteiger partial charge is 0.443 e. The van der Waals surface area contributed by atoms with Crippen LogP contribution in [0, 0.1) is 5.92 Å². The third-order valence-corrected chi connectivity index (χ3v) is 4.99. The van der Waals surface area contributed by atoms with Gasteiger partial charge in [-0.05, 0) is 54.5 Å². The highest BCUT2D eigenvalue weighted by atomic mass is 16.3. The van der Waals surface area contributed by atoms with Crippen molar-refractivity contribution in [3.8, 4) is 0 Å². The quantitative estimate of drug-likeness (QED) is 0.694. The average Bonchev–Trinajstić information content (AvgIpc) is 3.12. The second kappa shape index (κ2) is 7.31. The van der Waals surface area contributed by atoms with Gasteiger partial charge in [-0.2, -0.15) is 5.10 Å². The number of fused-ring (bicyclic) bond motifs is 1. The lowest BCUT2D eigenvalue weighted by molar-refractivity contribution is -0.119. The molecule has 1 aliphatic rings. The Bertz CT molecular complexity index is 1080. The standard InChI is InChI=1S/C21H21N3O3/c1-14-2-5-16(6-3-14)18-7-9-21(26)24(23-18)12-17(25)10-15-4-8-20-19(11-15)22-13-27-20/h4-5,7-9,11,13-14H,2-3,6,10,12H2,1H3. The van der Waals surface area contributed by atoms with Gasteiger partial charge in [-0.15, -0.1) is 0 Å². The normalized spacial score (nSPS) is 17.1. The van der Waals surface area contributed by atoms with Crippen molar-refractivity contribution in [2.75, 3.05) is 0 Å². The zero-order valence-electron chi connectivity index (χ0n) is 15.2. The van der Waals surface area contributed by atoms with Crippen molar-refractivity contribution in [3.63, 3.8) is 0 Å². The van der Waals surface area contributed by atoms with Crippen LogP contribution in [0.1, 0.15) is 37.4 Å². The molecule has 6 nitrogen and oxygen atoms in total. The van der Waals surface area contributed by atoms with Crippen LogP contribution in [0.15, 0.2) is 52.0 Å². The van der Waals surface area contributed by atoms with Crippen LogP contribution in [0.4, 0.5) is 0 Å². The topological polar surface area (TPSA) is 78.0 Å². The van der Waals surface area contributed by atoms with E-state index in [0.29, 0.717) is 11.5 Å². The first-order valence-corrected chi connectivity index (χ1v) is 9.20. The van der Waals surface area contributed by atoms with E-state index in [-0.39, 0.29) is 24.3 Å². The molecule has 0 bridgehead atoms. The molecular weight excluding hydrogens is 342 g/mol. The van der Waals surface area contributed by atoms with E-state index in [0.717, 1.165) is 41.6 Å². The number of hydrogen-bond acceptors (Lipinski definition) is 5. The van der Waals surface area contributed by atoms with Crippen LogP contribution < -0.4 is 5.56 Å². The minimum absolute atomic E-state index is 0.0345. The Balaban J connectivity index is 1.50. The summed E-state index contributed by atoms with van der Waals surface area (Å²) in [6.45, 7) is 2.20. The number of ketones is 1. The van der Waals surface area contributed by atoms with Crippen LogP contribution in [0.5, 0.6) is 0 Å². The Morgan fingerprint density at radius 1 is 1.30 bits per heavy atom. The second-order valence-electron chi connectivity index (χ2n) is 7.19. The first kappa shape index (κ1) is 17.4. The molecule has 1 aromatic carbocycles. The summed E-state index contributed by atoms with van der Waals surface area (Å²) in [5.41, 5.74) is 3.94. The van der Waals surface area contributed by atoms with E-state index >= 15 is 0 Å². The molecule has 0 amide bonds. The van der Waals surface area contributed by atoms with E-state index in [1.807, 2.05) is 12.1 Å². The predicted molar refractivity (Wildman–Crippen MR) is 102 cm³/mol. The van der Waals surface area contributed by atoms with Crippen LogP contribution in [-0.4, -0.2) is 20.5 Å². The van der Waals surface area contributed by atoms with Gasteiger partial charge >= 0.3 is 0 Å². The first-order chi connectivity index (χ1) is 13.1. The molecule has 6 heteroatoms. The molecule has 1 atom stereocenters. The smallest absolute Gasteiger partial charge is 0.267 e. The Morgan fingerprint density at radius 3 is 3.00 bits per heavy atom. The van der Waals surface area contributed by atoms with Gasteiger partial charge in [-0.1, -0.05) is 19.1 Å². The number of aromatic nitrogens is 3. The summed E-state index contributed by atoms with van der Waals surface area (Å²) in [6.07, 6.45) is 6.90. The number of nitrogens with zero attached hydrogens (tertiary/aromatic N) is 3. The predicted octanol–water partition coefficient (Wildman–Crippen LogP) is 3.40. The van der Waals surface area contributed by atoms with Crippen molar-refractivity contribution >= 4 is 22.5 Å². The van der Waals surface area contributed by atoms with Gasteiger partial charge in [-0.3, -0.25) is 9.59 Å². The summed E-state index contributed by atoms with van der Waals surface area (Å²) in [6, 6.07) is 8.72. The monoisotopic (exact) mass is 363 g/mol. The van der Waals surface area contributed by atoms with Crippen molar-refractivity contribution < 1.29 is 9.21 Å². The van der Waals surface area contributed by atoms with Gasteiger partial charge in [0.2, 0.25) is 0 Å². The van der Waals surface area contributed by atoms with E-state index in [9.17, 15) is 9.59 Å². The maximum Gasteiger partial charge on any atom is 0.267 e. The maximum absolute atomic E-state index is 12.5. The Hall–Kier alpha value is -3.02. The zero-order valence-corrected chi connectivity index (χ0v) is 15.2. The number of Topliss-reactive ketones (excluding diaryl/α,β-unsaturated/α-hetero) is 1. The summed E-state index contributed by atoms with van der Waals surface area (Å²) in [5, 5.41) is 4.43. The molecule has 2 aromatic heterocycles. The van der Waals surface area contributed by atoms with Crippen LogP contribution in [0.3, 0.4) is 0 Å². The fourth-order valence-electron chi connectivity index (χ4n) is 3.40. The molecule has 27 heavy (non-hydrogen) atoms. The highest BCUT2D eigenvalue weighted by Gasteiger charge is 2.15. The van der Waals surface area contributed by atoms with Crippen molar-refractivity contribution in [2.24, 2.45) is 5.92 Å². The number of carbonyl (C=O) groups is 1. The van der Waals surface area contributed by atoms with Crippen LogP contribution in [0.2, 0.25) is 0 Å². The summed E-state index contributed by atoms with van der Waals surface area (Å²) < 4.78 is 6.48. The van der Waals surface area contributed by atoms with Crippen LogP contribution in [-0.2, 0) is 17.8 Å². The molecule has 1 aliphatic carbocycles. The SMILES string of the molecule is CC1CC=C(c2ccc(=O)n(CC(=O)Cc3ccc4ocnc4c3)n2)CC1. The zero-order chi connectivity index (χ0) is 18.8. The summed E-state index contributed by atoms with van der Waals surface area (Å²) in [7, 11) is 0. The molecule has 3 aromatic rings. The summed E-state index contributed by atoms with van der Waals surface area (Å²) >= 11 is 0. The molecule has 1 unspecified atom stereocenters. The van der Waals surface area contributed by atoms with Gasteiger partial charge in [0, 0.05) is 12.5 Å².